The van der Waals surface area contributed by atoms with Crippen LogP contribution < -0.4 is 5.73 Å². The van der Waals surface area contributed by atoms with E-state index in [0.717, 1.165) is 26.2 Å². The highest BCUT2D eigenvalue weighted by molar-refractivity contribution is 7.12. The van der Waals surface area contributed by atoms with Gasteiger partial charge in [-0.1, -0.05) is 6.92 Å². The first-order valence-corrected chi connectivity index (χ1v) is 7.18. The van der Waals surface area contributed by atoms with Gasteiger partial charge in [-0.15, -0.1) is 11.3 Å². The molecule has 0 unspecified atom stereocenters. The summed E-state index contributed by atoms with van der Waals surface area (Å²) in [4.78, 5) is 5.60. The van der Waals surface area contributed by atoms with Crippen molar-refractivity contribution in [3.63, 3.8) is 0 Å². The Bertz CT molecular complexity index is 309. The summed E-state index contributed by atoms with van der Waals surface area (Å²) < 4.78 is 0. The summed E-state index contributed by atoms with van der Waals surface area (Å²) in [6.45, 7) is 6.17. The minimum absolute atomic E-state index is 0.763. The van der Waals surface area contributed by atoms with Crippen LogP contribution in [-0.2, 0) is 19.4 Å². The molecule has 90 valence electrons. The number of aryl methyl sites for hydroxylation is 2. The van der Waals surface area contributed by atoms with Crippen LogP contribution in [0.25, 0.3) is 0 Å². The lowest BCUT2D eigenvalue weighted by Gasteiger charge is -2.17. The summed E-state index contributed by atoms with van der Waals surface area (Å²) in [5.41, 5.74) is 7.24. The van der Waals surface area contributed by atoms with E-state index in [1.807, 2.05) is 11.3 Å². The fraction of sp³-hybridized carbons (Fsp3) is 0.692. The van der Waals surface area contributed by atoms with Crippen molar-refractivity contribution < 1.29 is 0 Å². The molecule has 1 aliphatic rings. The largest absolute Gasteiger partial charge is 0.329 e. The third-order valence-corrected chi connectivity index (χ3v) is 4.54. The highest BCUT2D eigenvalue weighted by atomic mass is 32.1. The topological polar surface area (TPSA) is 29.3 Å². The van der Waals surface area contributed by atoms with Crippen LogP contribution in [-0.4, -0.2) is 24.5 Å². The fourth-order valence-electron chi connectivity index (χ4n) is 2.38. The molecule has 1 aromatic rings. The normalized spacial score (nSPS) is 15.4. The molecular formula is C13H22N2S. The molecule has 0 aliphatic heterocycles. The van der Waals surface area contributed by atoms with E-state index in [1.54, 1.807) is 10.4 Å². The first-order valence-electron chi connectivity index (χ1n) is 6.36. The van der Waals surface area contributed by atoms with Crippen molar-refractivity contribution >= 4 is 11.3 Å². The predicted molar refractivity (Wildman–Crippen MR) is 71.0 cm³/mol. The lowest BCUT2D eigenvalue weighted by Crippen LogP contribution is -2.28. The Kier molecular flexibility index (Phi) is 4.38. The molecular weight excluding hydrogens is 216 g/mol. The highest BCUT2D eigenvalue weighted by Crippen LogP contribution is 2.30. The van der Waals surface area contributed by atoms with E-state index in [1.165, 1.54) is 30.6 Å². The van der Waals surface area contributed by atoms with Crippen molar-refractivity contribution in [2.75, 3.05) is 19.6 Å². The third kappa shape index (κ3) is 2.84. The van der Waals surface area contributed by atoms with Crippen LogP contribution in [0, 0.1) is 0 Å². The number of thiophene rings is 1. The molecule has 0 fully saturated rings. The Morgan fingerprint density at radius 3 is 2.88 bits per heavy atom. The van der Waals surface area contributed by atoms with Gasteiger partial charge in [0.2, 0.25) is 0 Å². The number of nitrogens with zero attached hydrogens (tertiary/aromatic N) is 1. The summed E-state index contributed by atoms with van der Waals surface area (Å²) in [5.74, 6) is 0. The molecule has 2 nitrogen and oxygen atoms in total. The summed E-state index contributed by atoms with van der Waals surface area (Å²) in [6, 6.07) is 2.43. The van der Waals surface area contributed by atoms with Gasteiger partial charge in [0.15, 0.2) is 0 Å². The van der Waals surface area contributed by atoms with Crippen LogP contribution in [0.5, 0.6) is 0 Å². The molecule has 1 aliphatic carbocycles. The van der Waals surface area contributed by atoms with E-state index >= 15 is 0 Å². The first-order chi connectivity index (χ1) is 7.83. The van der Waals surface area contributed by atoms with Gasteiger partial charge in [-0.3, -0.25) is 4.90 Å². The summed E-state index contributed by atoms with van der Waals surface area (Å²) in [7, 11) is 0. The Morgan fingerprint density at radius 1 is 1.38 bits per heavy atom. The summed E-state index contributed by atoms with van der Waals surface area (Å²) in [6.07, 6.45) is 5.37. The van der Waals surface area contributed by atoms with Gasteiger partial charge in [-0.2, -0.15) is 0 Å². The van der Waals surface area contributed by atoms with E-state index in [4.69, 9.17) is 5.73 Å². The van der Waals surface area contributed by atoms with Crippen molar-refractivity contribution in [3.05, 3.63) is 21.4 Å². The molecule has 0 spiro atoms. The van der Waals surface area contributed by atoms with Gasteiger partial charge in [0.1, 0.15) is 0 Å². The monoisotopic (exact) mass is 238 g/mol. The predicted octanol–water partition coefficient (Wildman–Crippen LogP) is 2.41. The molecule has 0 saturated heterocycles. The standard InChI is InChI=1S/C13H22N2S/c1-2-15(8-7-14)10-12-9-11-5-3-4-6-13(11)16-12/h9H,2-8,10,14H2,1H3. The maximum absolute atomic E-state index is 5.62. The van der Waals surface area contributed by atoms with E-state index < -0.39 is 0 Å². The molecule has 0 radical (unpaired) electrons. The number of likely N-dealkylation sites (N-methyl/N-ethyl adjacent to an activating group) is 1. The average molecular weight is 238 g/mol. The van der Waals surface area contributed by atoms with Crippen molar-refractivity contribution in [2.24, 2.45) is 5.73 Å². The second-order valence-corrected chi connectivity index (χ2v) is 5.75. The van der Waals surface area contributed by atoms with Gasteiger partial charge in [-0.25, -0.2) is 0 Å². The van der Waals surface area contributed by atoms with Gasteiger partial charge < -0.3 is 5.73 Å². The van der Waals surface area contributed by atoms with Crippen LogP contribution in [0.15, 0.2) is 6.07 Å². The van der Waals surface area contributed by atoms with Crippen LogP contribution in [0.4, 0.5) is 0 Å². The molecule has 0 bridgehead atoms. The Balaban J connectivity index is 2.00. The van der Waals surface area contributed by atoms with Crippen LogP contribution >= 0.6 is 11.3 Å². The van der Waals surface area contributed by atoms with E-state index in [0.29, 0.717) is 0 Å². The highest BCUT2D eigenvalue weighted by Gasteiger charge is 2.14. The van der Waals surface area contributed by atoms with Crippen molar-refractivity contribution in [1.29, 1.82) is 0 Å². The summed E-state index contributed by atoms with van der Waals surface area (Å²) in [5, 5.41) is 0. The number of nitrogens with two attached hydrogens (primary N) is 1. The molecule has 0 saturated carbocycles. The molecule has 0 amide bonds. The minimum Gasteiger partial charge on any atom is -0.329 e. The molecule has 2 N–H and O–H groups in total. The fourth-order valence-corrected chi connectivity index (χ4v) is 3.69. The van der Waals surface area contributed by atoms with Crippen LogP contribution in [0.1, 0.15) is 35.1 Å². The lowest BCUT2D eigenvalue weighted by atomic mass is 9.99. The van der Waals surface area contributed by atoms with Gasteiger partial charge in [0.25, 0.3) is 0 Å². The Hall–Kier alpha value is -0.380. The zero-order valence-electron chi connectivity index (χ0n) is 10.2. The van der Waals surface area contributed by atoms with Gasteiger partial charge >= 0.3 is 0 Å². The number of rotatable bonds is 5. The minimum atomic E-state index is 0.763. The first kappa shape index (κ1) is 12.1. The van der Waals surface area contributed by atoms with Crippen molar-refractivity contribution in [1.82, 2.24) is 4.90 Å². The average Bonchev–Trinajstić information content (AvgIpc) is 2.70. The van der Waals surface area contributed by atoms with E-state index in [-0.39, 0.29) is 0 Å². The van der Waals surface area contributed by atoms with E-state index in [9.17, 15) is 0 Å². The molecule has 1 heterocycles. The molecule has 3 heteroatoms. The number of hydrogen-bond acceptors (Lipinski definition) is 3. The number of hydrogen-bond donors (Lipinski definition) is 1. The zero-order valence-corrected chi connectivity index (χ0v) is 11.0. The van der Waals surface area contributed by atoms with Gasteiger partial charge in [0, 0.05) is 29.4 Å². The number of fused-ring (bicyclic) bond motifs is 1. The maximum Gasteiger partial charge on any atom is 0.0328 e. The molecule has 2 rings (SSSR count). The molecule has 0 aromatic carbocycles. The Morgan fingerprint density at radius 2 is 2.19 bits per heavy atom. The second kappa shape index (κ2) is 5.80. The van der Waals surface area contributed by atoms with Gasteiger partial charge in [0.05, 0.1) is 0 Å². The quantitative estimate of drug-likeness (QED) is 0.853. The molecule has 1 aromatic heterocycles. The maximum atomic E-state index is 5.62. The SMILES string of the molecule is CCN(CCN)Cc1cc2c(s1)CCCC2. The van der Waals surface area contributed by atoms with Crippen molar-refractivity contribution in [3.8, 4) is 0 Å². The third-order valence-electron chi connectivity index (χ3n) is 3.32. The van der Waals surface area contributed by atoms with Crippen LogP contribution in [0.2, 0.25) is 0 Å². The van der Waals surface area contributed by atoms with Crippen LogP contribution in [0.3, 0.4) is 0 Å². The van der Waals surface area contributed by atoms with Crippen molar-refractivity contribution in [2.45, 2.75) is 39.2 Å². The Labute approximate surface area is 102 Å². The smallest absolute Gasteiger partial charge is 0.0328 e. The van der Waals surface area contributed by atoms with Gasteiger partial charge in [-0.05, 0) is 43.9 Å². The second-order valence-electron chi connectivity index (χ2n) is 4.53. The zero-order chi connectivity index (χ0) is 11.4. The molecule has 16 heavy (non-hydrogen) atoms. The lowest BCUT2D eigenvalue weighted by molar-refractivity contribution is 0.290. The molecule has 0 atom stereocenters. The summed E-state index contributed by atoms with van der Waals surface area (Å²) >= 11 is 2.02. The van der Waals surface area contributed by atoms with E-state index in [2.05, 4.69) is 17.9 Å².